The zero-order valence-corrected chi connectivity index (χ0v) is 17.4. The Morgan fingerprint density at radius 2 is 1.59 bits per heavy atom. The van der Waals surface area contributed by atoms with Crippen molar-refractivity contribution in [3.05, 3.63) is 28.3 Å². The van der Waals surface area contributed by atoms with Gasteiger partial charge >= 0.3 is 0 Å². The standard InChI is InChI=1S/C18H26O13S/c19-2-9-11(23)12(24)14(26)17(29-9)31-16-10(3-20)30-18(15(27)13(16)25)32-5-6-1-7(21)8(22)4-28-6/h1,4,9-20,22-27H,2-3,5H2/t9-,10-,11-,12+,13-,14-,15-,16-,17+,18+/m1/s1. The van der Waals surface area contributed by atoms with Crippen LogP contribution in [0.5, 0.6) is 5.75 Å². The maximum absolute atomic E-state index is 11.5. The van der Waals surface area contributed by atoms with Gasteiger partial charge in [-0.15, -0.1) is 11.8 Å². The molecular formula is C18H26O13S. The van der Waals surface area contributed by atoms with Gasteiger partial charge in [0.2, 0.25) is 5.43 Å². The van der Waals surface area contributed by atoms with Crippen LogP contribution in [0, 0.1) is 0 Å². The summed E-state index contributed by atoms with van der Waals surface area (Å²) < 4.78 is 21.4. The lowest BCUT2D eigenvalue weighted by atomic mass is 9.97. The number of aromatic hydroxyl groups is 1. The summed E-state index contributed by atoms with van der Waals surface area (Å²) >= 11 is 0.949. The highest BCUT2D eigenvalue weighted by atomic mass is 32.2. The molecule has 2 aliphatic rings. The van der Waals surface area contributed by atoms with Gasteiger partial charge in [-0.25, -0.2) is 0 Å². The van der Waals surface area contributed by atoms with Crippen LogP contribution in [0.2, 0.25) is 0 Å². The van der Waals surface area contributed by atoms with Crippen LogP contribution in [0.25, 0.3) is 0 Å². The number of hydrogen-bond acceptors (Lipinski definition) is 14. The molecule has 10 atom stereocenters. The third kappa shape index (κ3) is 5.26. The van der Waals surface area contributed by atoms with Crippen LogP contribution >= 0.6 is 11.8 Å². The molecule has 3 rings (SSSR count). The van der Waals surface area contributed by atoms with Gasteiger partial charge < -0.3 is 59.5 Å². The molecule has 1 aromatic rings. The van der Waals surface area contributed by atoms with E-state index in [1.54, 1.807) is 0 Å². The van der Waals surface area contributed by atoms with Crippen LogP contribution in [-0.2, 0) is 20.0 Å². The normalized spacial score (nSPS) is 40.3. The average molecular weight is 482 g/mol. The quantitative estimate of drug-likeness (QED) is 0.187. The van der Waals surface area contributed by atoms with Gasteiger partial charge in [-0.1, -0.05) is 0 Å². The molecule has 0 spiro atoms. The van der Waals surface area contributed by atoms with Crippen LogP contribution in [0.3, 0.4) is 0 Å². The first-order chi connectivity index (χ1) is 15.2. The minimum Gasteiger partial charge on any atom is -0.502 e. The van der Waals surface area contributed by atoms with Gasteiger partial charge in [-0.2, -0.15) is 0 Å². The Labute approximate surface area is 185 Å². The number of rotatable bonds is 7. The molecule has 14 heteroatoms. The Morgan fingerprint density at radius 1 is 0.906 bits per heavy atom. The van der Waals surface area contributed by atoms with Gasteiger partial charge in [0.15, 0.2) is 12.0 Å². The van der Waals surface area contributed by atoms with Crippen LogP contribution in [0.1, 0.15) is 5.76 Å². The molecule has 13 nitrogen and oxygen atoms in total. The lowest BCUT2D eigenvalue weighted by Gasteiger charge is -2.46. The van der Waals surface area contributed by atoms with Crippen molar-refractivity contribution in [3.8, 4) is 5.75 Å². The summed E-state index contributed by atoms with van der Waals surface area (Å²) in [5.41, 5.74) is -1.73. The first kappa shape index (κ1) is 25.3. The molecule has 32 heavy (non-hydrogen) atoms. The fourth-order valence-corrected chi connectivity index (χ4v) is 4.44. The summed E-state index contributed by atoms with van der Waals surface area (Å²) in [6.45, 7) is -1.34. The summed E-state index contributed by atoms with van der Waals surface area (Å²) in [7, 11) is 0. The van der Waals surface area contributed by atoms with Crippen molar-refractivity contribution in [2.45, 2.75) is 66.3 Å². The molecule has 0 amide bonds. The van der Waals surface area contributed by atoms with Crippen molar-refractivity contribution in [1.82, 2.24) is 0 Å². The van der Waals surface area contributed by atoms with Crippen molar-refractivity contribution in [3.63, 3.8) is 0 Å². The topological polar surface area (TPSA) is 220 Å². The van der Waals surface area contributed by atoms with E-state index < -0.39 is 84.9 Å². The predicted octanol–water partition coefficient (Wildman–Crippen LogP) is -3.80. The first-order valence-corrected chi connectivity index (χ1v) is 10.7. The van der Waals surface area contributed by atoms with E-state index in [9.17, 15) is 45.6 Å². The second-order valence-electron chi connectivity index (χ2n) is 7.41. The molecule has 2 fully saturated rings. The van der Waals surface area contributed by atoms with E-state index in [0.717, 1.165) is 24.1 Å². The fourth-order valence-electron chi connectivity index (χ4n) is 3.38. The van der Waals surface area contributed by atoms with Crippen LogP contribution in [0.15, 0.2) is 21.5 Å². The predicted molar refractivity (Wildman–Crippen MR) is 104 cm³/mol. The van der Waals surface area contributed by atoms with Gasteiger partial charge in [0.25, 0.3) is 0 Å². The second-order valence-corrected chi connectivity index (χ2v) is 8.50. The van der Waals surface area contributed by atoms with Crippen molar-refractivity contribution in [2.75, 3.05) is 13.2 Å². The molecular weight excluding hydrogens is 456 g/mol. The molecule has 0 saturated carbocycles. The Bertz CT molecular complexity index is 801. The zero-order chi connectivity index (χ0) is 23.6. The first-order valence-electron chi connectivity index (χ1n) is 9.68. The molecule has 2 aliphatic heterocycles. The maximum Gasteiger partial charge on any atom is 0.226 e. The molecule has 0 unspecified atom stereocenters. The second kappa shape index (κ2) is 10.8. The summed E-state index contributed by atoms with van der Waals surface area (Å²) in [6.07, 6.45) is -12.8. The van der Waals surface area contributed by atoms with E-state index in [1.807, 2.05) is 0 Å². The molecule has 0 radical (unpaired) electrons. The minimum atomic E-state index is -1.75. The highest BCUT2D eigenvalue weighted by Gasteiger charge is 2.50. The van der Waals surface area contributed by atoms with Crippen molar-refractivity contribution < 1.29 is 59.5 Å². The van der Waals surface area contributed by atoms with E-state index in [1.165, 1.54) is 0 Å². The Hall–Kier alpha value is -1.30. The van der Waals surface area contributed by atoms with Crippen molar-refractivity contribution in [2.24, 2.45) is 0 Å². The Kier molecular flexibility index (Phi) is 8.51. The molecule has 1 aromatic heterocycles. The number of hydrogen-bond donors (Lipinski definition) is 8. The Morgan fingerprint density at radius 3 is 2.22 bits per heavy atom. The third-order valence-corrected chi connectivity index (χ3v) is 6.39. The SMILES string of the molecule is O=c1cc(CS[C@@H]2O[C@H](CO)[C@@H](O[C@@H]3O[C@H](CO)[C@@H](O)[C@H](O)[C@H]3O)[C@H](O)[C@H]2O)occ1O. The molecule has 2 saturated heterocycles. The van der Waals surface area contributed by atoms with Crippen LogP contribution in [-0.4, -0.2) is 115 Å². The van der Waals surface area contributed by atoms with E-state index in [2.05, 4.69) is 0 Å². The highest BCUT2D eigenvalue weighted by molar-refractivity contribution is 7.99. The van der Waals surface area contributed by atoms with Gasteiger partial charge in [-0.05, 0) is 0 Å². The summed E-state index contributed by atoms with van der Waals surface area (Å²) in [5, 5.41) is 79.1. The number of aliphatic hydroxyl groups excluding tert-OH is 7. The summed E-state index contributed by atoms with van der Waals surface area (Å²) in [6, 6.07) is 1.06. The van der Waals surface area contributed by atoms with Gasteiger partial charge in [-0.3, -0.25) is 4.79 Å². The minimum absolute atomic E-state index is 0.0281. The van der Waals surface area contributed by atoms with Gasteiger partial charge in [0, 0.05) is 6.07 Å². The van der Waals surface area contributed by atoms with E-state index in [4.69, 9.17) is 18.6 Å². The van der Waals surface area contributed by atoms with Crippen molar-refractivity contribution >= 4 is 11.8 Å². The molecule has 0 aromatic carbocycles. The van der Waals surface area contributed by atoms with Gasteiger partial charge in [0.1, 0.15) is 66.3 Å². The van der Waals surface area contributed by atoms with E-state index in [0.29, 0.717) is 0 Å². The highest BCUT2D eigenvalue weighted by Crippen LogP contribution is 2.33. The van der Waals surface area contributed by atoms with E-state index in [-0.39, 0.29) is 11.5 Å². The maximum atomic E-state index is 11.5. The summed E-state index contributed by atoms with van der Waals surface area (Å²) in [5.74, 6) is -0.361. The smallest absolute Gasteiger partial charge is 0.226 e. The number of ether oxygens (including phenoxy) is 3. The molecule has 0 bridgehead atoms. The largest absolute Gasteiger partial charge is 0.502 e. The third-order valence-electron chi connectivity index (χ3n) is 5.22. The van der Waals surface area contributed by atoms with Crippen LogP contribution in [0.4, 0.5) is 0 Å². The fraction of sp³-hybridized carbons (Fsp3) is 0.722. The molecule has 182 valence electrons. The number of thioether (sulfide) groups is 1. The molecule has 0 aliphatic carbocycles. The zero-order valence-electron chi connectivity index (χ0n) is 16.6. The molecule has 8 N–H and O–H groups in total. The lowest BCUT2D eigenvalue weighted by molar-refractivity contribution is -0.338. The van der Waals surface area contributed by atoms with Gasteiger partial charge in [0.05, 0.1) is 19.0 Å². The number of aliphatic hydroxyl groups is 7. The van der Waals surface area contributed by atoms with Crippen LogP contribution < -0.4 is 5.43 Å². The average Bonchev–Trinajstić information content (AvgIpc) is 2.78. The van der Waals surface area contributed by atoms with Crippen molar-refractivity contribution in [1.29, 1.82) is 0 Å². The monoisotopic (exact) mass is 482 g/mol. The van der Waals surface area contributed by atoms with E-state index >= 15 is 0 Å². The molecule has 3 heterocycles. The summed E-state index contributed by atoms with van der Waals surface area (Å²) in [4.78, 5) is 11.5. The Balaban J connectivity index is 1.66. The lowest BCUT2D eigenvalue weighted by Crippen LogP contribution is -2.64.